The highest BCUT2D eigenvalue weighted by Crippen LogP contribution is 2.20. The molecular weight excluding hydrogens is 313 g/mol. The van der Waals surface area contributed by atoms with Crippen LogP contribution in [0.1, 0.15) is 13.8 Å². The Morgan fingerprint density at radius 3 is 2.69 bits per heavy atom. The van der Waals surface area contributed by atoms with Crippen molar-refractivity contribution in [3.63, 3.8) is 0 Å². The van der Waals surface area contributed by atoms with Gasteiger partial charge in [-0.3, -0.25) is 0 Å². The Morgan fingerprint density at radius 2 is 2.12 bits per heavy atom. The van der Waals surface area contributed by atoms with E-state index in [2.05, 4.69) is 53.7 Å². The van der Waals surface area contributed by atoms with Gasteiger partial charge in [0.25, 0.3) is 0 Å². The third kappa shape index (κ3) is 4.17. The zero-order valence-electron chi connectivity index (χ0n) is 10.1. The number of nitrogen functional groups attached to an aromatic ring is 1. The Balaban J connectivity index is 2.43. The summed E-state index contributed by atoms with van der Waals surface area (Å²) >= 11 is 2.30. The van der Waals surface area contributed by atoms with E-state index in [1.807, 2.05) is 18.2 Å². The minimum atomic E-state index is 0.590. The summed E-state index contributed by atoms with van der Waals surface area (Å²) < 4.78 is 1.17. The molecule has 0 heterocycles. The van der Waals surface area contributed by atoms with Crippen LogP contribution in [0.3, 0.4) is 0 Å². The van der Waals surface area contributed by atoms with Gasteiger partial charge in [0.2, 0.25) is 0 Å². The van der Waals surface area contributed by atoms with Gasteiger partial charge in [0.05, 0.1) is 0 Å². The van der Waals surface area contributed by atoms with E-state index in [0.717, 1.165) is 24.5 Å². The lowest BCUT2D eigenvalue weighted by Crippen LogP contribution is -2.31. The Hall–Kier alpha value is -0.490. The summed E-state index contributed by atoms with van der Waals surface area (Å²) in [4.78, 5) is 2.32. The molecule has 4 heteroatoms. The number of hydrogen-bond acceptors (Lipinski definition) is 3. The number of rotatable bonds is 5. The van der Waals surface area contributed by atoms with Gasteiger partial charge >= 0.3 is 0 Å². The minimum absolute atomic E-state index is 0.590. The average Bonchev–Trinajstić information content (AvgIpc) is 2.20. The van der Waals surface area contributed by atoms with Crippen molar-refractivity contribution in [3.8, 4) is 0 Å². The number of hydrogen-bond donors (Lipinski definition) is 2. The van der Waals surface area contributed by atoms with E-state index in [9.17, 15) is 0 Å². The first kappa shape index (κ1) is 13.6. The van der Waals surface area contributed by atoms with Crippen molar-refractivity contribution in [1.29, 1.82) is 0 Å². The Morgan fingerprint density at radius 1 is 1.44 bits per heavy atom. The van der Waals surface area contributed by atoms with Crippen LogP contribution >= 0.6 is 22.6 Å². The van der Waals surface area contributed by atoms with Gasteiger partial charge in [-0.1, -0.05) is 0 Å². The summed E-state index contributed by atoms with van der Waals surface area (Å²) in [5.41, 5.74) is 7.68. The highest BCUT2D eigenvalue weighted by Gasteiger charge is 2.03. The summed E-state index contributed by atoms with van der Waals surface area (Å²) in [6.45, 7) is 6.40. The first-order chi connectivity index (χ1) is 7.50. The summed E-state index contributed by atoms with van der Waals surface area (Å²) in [6.07, 6.45) is 0. The SMILES string of the molecule is CC(C)N(C)CCNc1ccc(N)cc1I. The number of nitrogens with one attached hydrogen (secondary N) is 1. The molecule has 3 N–H and O–H groups in total. The maximum absolute atomic E-state index is 5.70. The normalized spacial score (nSPS) is 11.1. The first-order valence-corrected chi connectivity index (χ1v) is 6.57. The van der Waals surface area contributed by atoms with Crippen LogP contribution in [0.4, 0.5) is 11.4 Å². The van der Waals surface area contributed by atoms with Gasteiger partial charge < -0.3 is 16.0 Å². The lowest BCUT2D eigenvalue weighted by atomic mass is 10.3. The van der Waals surface area contributed by atoms with Crippen molar-refractivity contribution in [3.05, 3.63) is 21.8 Å². The smallest absolute Gasteiger partial charge is 0.0477 e. The monoisotopic (exact) mass is 333 g/mol. The van der Waals surface area contributed by atoms with Gasteiger partial charge in [0.15, 0.2) is 0 Å². The van der Waals surface area contributed by atoms with E-state index in [1.54, 1.807) is 0 Å². The molecule has 3 nitrogen and oxygen atoms in total. The van der Waals surface area contributed by atoms with Crippen molar-refractivity contribution in [1.82, 2.24) is 4.90 Å². The van der Waals surface area contributed by atoms with Crippen LogP contribution in [0.15, 0.2) is 18.2 Å². The molecule has 0 unspecified atom stereocenters. The predicted molar refractivity (Wildman–Crippen MR) is 79.8 cm³/mol. The fraction of sp³-hybridized carbons (Fsp3) is 0.500. The van der Waals surface area contributed by atoms with E-state index in [1.165, 1.54) is 3.57 Å². The molecule has 0 aliphatic rings. The fourth-order valence-electron chi connectivity index (χ4n) is 1.30. The molecule has 1 rings (SSSR count). The minimum Gasteiger partial charge on any atom is -0.399 e. The van der Waals surface area contributed by atoms with E-state index in [4.69, 9.17) is 5.73 Å². The summed E-state index contributed by atoms with van der Waals surface area (Å²) in [7, 11) is 2.14. The maximum atomic E-state index is 5.70. The number of halogens is 1. The van der Waals surface area contributed by atoms with Crippen LogP contribution in [-0.2, 0) is 0 Å². The molecule has 0 radical (unpaired) electrons. The highest BCUT2D eigenvalue weighted by molar-refractivity contribution is 14.1. The Bertz CT molecular complexity index is 339. The standard InChI is InChI=1S/C12H20IN3/c1-9(2)16(3)7-6-15-12-5-4-10(14)8-11(12)13/h4-5,8-9,15H,6-7,14H2,1-3H3. The van der Waals surface area contributed by atoms with Crippen LogP contribution in [0.25, 0.3) is 0 Å². The molecule has 0 aromatic heterocycles. The molecule has 0 bridgehead atoms. The van der Waals surface area contributed by atoms with Crippen molar-refractivity contribution >= 4 is 34.0 Å². The third-order valence-corrected chi connectivity index (χ3v) is 3.55. The molecule has 0 fully saturated rings. The number of likely N-dealkylation sites (N-methyl/N-ethyl adjacent to an activating group) is 1. The number of anilines is 2. The molecule has 0 aliphatic carbocycles. The van der Waals surface area contributed by atoms with Crippen LogP contribution in [0, 0.1) is 3.57 Å². The fourth-order valence-corrected chi connectivity index (χ4v) is 2.03. The quantitative estimate of drug-likeness (QED) is 0.643. The van der Waals surface area contributed by atoms with Gasteiger partial charge in [0.1, 0.15) is 0 Å². The van der Waals surface area contributed by atoms with Crippen LogP contribution in [0.5, 0.6) is 0 Å². The lowest BCUT2D eigenvalue weighted by molar-refractivity contribution is 0.284. The highest BCUT2D eigenvalue weighted by atomic mass is 127. The predicted octanol–water partition coefficient (Wildman–Crippen LogP) is 2.63. The number of benzene rings is 1. The lowest BCUT2D eigenvalue weighted by Gasteiger charge is -2.21. The summed E-state index contributed by atoms with van der Waals surface area (Å²) in [5, 5.41) is 3.42. The first-order valence-electron chi connectivity index (χ1n) is 5.50. The zero-order valence-corrected chi connectivity index (χ0v) is 12.3. The van der Waals surface area contributed by atoms with Gasteiger partial charge in [-0.25, -0.2) is 0 Å². The van der Waals surface area contributed by atoms with Crippen LogP contribution in [-0.4, -0.2) is 31.1 Å². The van der Waals surface area contributed by atoms with E-state index in [-0.39, 0.29) is 0 Å². The summed E-state index contributed by atoms with van der Waals surface area (Å²) in [5.74, 6) is 0. The second-order valence-corrected chi connectivity index (χ2v) is 5.40. The average molecular weight is 333 g/mol. The number of nitrogens with zero attached hydrogens (tertiary/aromatic N) is 1. The van der Waals surface area contributed by atoms with Gasteiger partial charge in [0, 0.05) is 34.1 Å². The molecule has 0 spiro atoms. The van der Waals surface area contributed by atoms with E-state index in [0.29, 0.717) is 6.04 Å². The molecule has 1 aromatic rings. The van der Waals surface area contributed by atoms with Crippen molar-refractivity contribution < 1.29 is 0 Å². The third-order valence-electron chi connectivity index (χ3n) is 2.65. The Labute approximate surface area is 112 Å². The van der Waals surface area contributed by atoms with Gasteiger partial charge in [-0.05, 0) is 61.7 Å². The largest absolute Gasteiger partial charge is 0.399 e. The van der Waals surface area contributed by atoms with Crippen LogP contribution < -0.4 is 11.1 Å². The van der Waals surface area contributed by atoms with E-state index >= 15 is 0 Å². The zero-order chi connectivity index (χ0) is 12.1. The molecule has 0 atom stereocenters. The molecule has 0 saturated carbocycles. The molecule has 16 heavy (non-hydrogen) atoms. The second kappa shape index (κ2) is 6.30. The van der Waals surface area contributed by atoms with Crippen molar-refractivity contribution in [2.45, 2.75) is 19.9 Å². The molecule has 0 amide bonds. The molecule has 0 aliphatic heterocycles. The Kier molecular flexibility index (Phi) is 5.34. The second-order valence-electron chi connectivity index (χ2n) is 4.24. The maximum Gasteiger partial charge on any atom is 0.0477 e. The van der Waals surface area contributed by atoms with Gasteiger partial charge in [-0.2, -0.15) is 0 Å². The molecule has 1 aromatic carbocycles. The molecule has 90 valence electrons. The molecule has 0 saturated heterocycles. The van der Waals surface area contributed by atoms with Crippen molar-refractivity contribution in [2.75, 3.05) is 31.2 Å². The molecular formula is C12H20IN3. The van der Waals surface area contributed by atoms with Gasteiger partial charge in [-0.15, -0.1) is 0 Å². The summed E-state index contributed by atoms with van der Waals surface area (Å²) in [6, 6.07) is 6.53. The number of nitrogens with two attached hydrogens (primary N) is 1. The van der Waals surface area contributed by atoms with Crippen molar-refractivity contribution in [2.24, 2.45) is 0 Å². The van der Waals surface area contributed by atoms with Crippen LogP contribution in [0.2, 0.25) is 0 Å². The topological polar surface area (TPSA) is 41.3 Å². The van der Waals surface area contributed by atoms with E-state index < -0.39 is 0 Å².